The molecule has 20 heavy (non-hydrogen) atoms. The summed E-state index contributed by atoms with van der Waals surface area (Å²) in [6, 6.07) is 4.24. The summed E-state index contributed by atoms with van der Waals surface area (Å²) in [7, 11) is 0. The molecular formula is C14H17N5O. The van der Waals surface area contributed by atoms with Gasteiger partial charge in [0.2, 0.25) is 5.91 Å². The second-order valence-corrected chi connectivity index (χ2v) is 4.93. The van der Waals surface area contributed by atoms with Crippen molar-refractivity contribution in [3.63, 3.8) is 0 Å². The zero-order chi connectivity index (χ0) is 13.8. The van der Waals surface area contributed by atoms with Crippen molar-refractivity contribution in [3.8, 4) is 11.3 Å². The first-order valence-electron chi connectivity index (χ1n) is 6.75. The summed E-state index contributed by atoms with van der Waals surface area (Å²) in [6.07, 6.45) is 6.88. The average molecular weight is 271 g/mol. The summed E-state index contributed by atoms with van der Waals surface area (Å²) in [5.74, 6) is 0.141. The fraction of sp³-hybridized carbons (Fsp3) is 0.357. The molecule has 3 rings (SSSR count). The molecule has 6 heteroatoms. The third kappa shape index (κ3) is 2.85. The lowest BCUT2D eigenvalue weighted by atomic mass is 10.1. The predicted octanol–water partition coefficient (Wildman–Crippen LogP) is 0.840. The monoisotopic (exact) mass is 271 g/mol. The van der Waals surface area contributed by atoms with E-state index in [2.05, 4.69) is 25.8 Å². The van der Waals surface area contributed by atoms with Gasteiger partial charge in [-0.1, -0.05) is 0 Å². The van der Waals surface area contributed by atoms with Crippen LogP contribution in [-0.4, -0.2) is 33.7 Å². The van der Waals surface area contributed by atoms with E-state index in [-0.39, 0.29) is 5.91 Å². The van der Waals surface area contributed by atoms with Gasteiger partial charge in [0.05, 0.1) is 11.9 Å². The Kier molecular flexibility index (Phi) is 3.73. The number of hydrogen-bond acceptors (Lipinski definition) is 4. The minimum absolute atomic E-state index is 0.141. The second-order valence-electron chi connectivity index (χ2n) is 4.93. The molecule has 104 valence electrons. The fourth-order valence-electron chi connectivity index (χ4n) is 2.37. The van der Waals surface area contributed by atoms with Gasteiger partial charge in [-0.05, 0) is 18.6 Å². The van der Waals surface area contributed by atoms with Crippen LogP contribution >= 0.6 is 0 Å². The van der Waals surface area contributed by atoms with Gasteiger partial charge in [0.25, 0.3) is 0 Å². The van der Waals surface area contributed by atoms with Crippen LogP contribution in [-0.2, 0) is 11.3 Å². The Balaban J connectivity index is 1.64. The predicted molar refractivity (Wildman–Crippen MR) is 74.7 cm³/mol. The van der Waals surface area contributed by atoms with Gasteiger partial charge in [0, 0.05) is 49.1 Å². The molecule has 0 radical (unpaired) electrons. The lowest BCUT2D eigenvalue weighted by Gasteiger charge is -2.23. The third-order valence-corrected chi connectivity index (χ3v) is 3.51. The van der Waals surface area contributed by atoms with Crippen LogP contribution in [0.5, 0.6) is 0 Å². The first-order valence-corrected chi connectivity index (χ1v) is 6.75. The zero-order valence-corrected chi connectivity index (χ0v) is 11.1. The van der Waals surface area contributed by atoms with E-state index in [0.717, 1.165) is 29.8 Å². The van der Waals surface area contributed by atoms with Gasteiger partial charge in [-0.15, -0.1) is 0 Å². The molecule has 0 bridgehead atoms. The number of amides is 1. The van der Waals surface area contributed by atoms with Crippen molar-refractivity contribution in [2.75, 3.05) is 6.54 Å². The highest BCUT2D eigenvalue weighted by atomic mass is 16.1. The minimum atomic E-state index is 0.141. The Hall–Kier alpha value is -2.21. The van der Waals surface area contributed by atoms with E-state index in [0.29, 0.717) is 19.0 Å². The molecule has 1 fully saturated rings. The van der Waals surface area contributed by atoms with Crippen LogP contribution in [0, 0.1) is 0 Å². The maximum atomic E-state index is 11.1. The van der Waals surface area contributed by atoms with Crippen LogP contribution in [0.4, 0.5) is 0 Å². The molecule has 0 aromatic carbocycles. The van der Waals surface area contributed by atoms with Gasteiger partial charge < -0.3 is 10.6 Å². The zero-order valence-electron chi connectivity index (χ0n) is 11.1. The molecule has 6 nitrogen and oxygen atoms in total. The number of nitrogens with one attached hydrogen (secondary N) is 3. The van der Waals surface area contributed by atoms with Crippen molar-refractivity contribution >= 4 is 5.91 Å². The molecule has 1 saturated heterocycles. The Bertz CT molecular complexity index is 570. The molecule has 2 aromatic heterocycles. The summed E-state index contributed by atoms with van der Waals surface area (Å²) in [6.45, 7) is 1.42. The summed E-state index contributed by atoms with van der Waals surface area (Å²) in [5.41, 5.74) is 3.12. The van der Waals surface area contributed by atoms with Crippen molar-refractivity contribution in [3.05, 3.63) is 36.3 Å². The molecule has 2 aromatic rings. The maximum absolute atomic E-state index is 11.1. The number of carbonyl (C=O) groups excluding carboxylic acids is 1. The topological polar surface area (TPSA) is 82.7 Å². The summed E-state index contributed by atoms with van der Waals surface area (Å²) < 4.78 is 0. The van der Waals surface area contributed by atoms with E-state index in [9.17, 15) is 4.79 Å². The molecule has 0 saturated carbocycles. The quantitative estimate of drug-likeness (QED) is 0.769. The van der Waals surface area contributed by atoms with Gasteiger partial charge in [-0.3, -0.25) is 14.9 Å². The van der Waals surface area contributed by atoms with E-state index in [1.54, 1.807) is 6.20 Å². The summed E-state index contributed by atoms with van der Waals surface area (Å²) in [5, 5.41) is 13.5. The summed E-state index contributed by atoms with van der Waals surface area (Å²) in [4.78, 5) is 15.2. The number of rotatable bonds is 4. The van der Waals surface area contributed by atoms with Crippen LogP contribution in [0.1, 0.15) is 18.4 Å². The summed E-state index contributed by atoms with van der Waals surface area (Å²) >= 11 is 0. The molecule has 1 amide bonds. The molecule has 1 unspecified atom stereocenters. The number of aromatic amines is 1. The largest absolute Gasteiger partial charge is 0.355 e. The number of piperidine rings is 1. The highest BCUT2D eigenvalue weighted by molar-refractivity contribution is 5.76. The lowest BCUT2D eigenvalue weighted by Crippen LogP contribution is -2.45. The van der Waals surface area contributed by atoms with Crippen molar-refractivity contribution in [2.24, 2.45) is 0 Å². The number of nitrogens with zero attached hydrogens (tertiary/aromatic N) is 2. The van der Waals surface area contributed by atoms with Crippen LogP contribution in [0.15, 0.2) is 30.7 Å². The Labute approximate surface area is 117 Å². The molecule has 3 heterocycles. The van der Waals surface area contributed by atoms with Crippen LogP contribution in [0.2, 0.25) is 0 Å². The minimum Gasteiger partial charge on any atom is -0.355 e. The van der Waals surface area contributed by atoms with E-state index in [1.165, 1.54) is 0 Å². The van der Waals surface area contributed by atoms with Gasteiger partial charge in [-0.25, -0.2) is 0 Å². The van der Waals surface area contributed by atoms with E-state index < -0.39 is 0 Å². The number of carbonyl (C=O) groups is 1. The normalized spacial score (nSPS) is 18.8. The number of aromatic nitrogens is 3. The van der Waals surface area contributed by atoms with Crippen molar-refractivity contribution in [2.45, 2.75) is 25.4 Å². The maximum Gasteiger partial charge on any atom is 0.220 e. The second kappa shape index (κ2) is 5.83. The first-order chi connectivity index (χ1) is 9.83. The van der Waals surface area contributed by atoms with Gasteiger partial charge in [0.15, 0.2) is 0 Å². The molecule has 1 aliphatic rings. The molecule has 3 N–H and O–H groups in total. The van der Waals surface area contributed by atoms with Crippen LogP contribution in [0.3, 0.4) is 0 Å². The highest BCUT2D eigenvalue weighted by Gasteiger charge is 2.18. The van der Waals surface area contributed by atoms with Crippen LogP contribution in [0.25, 0.3) is 11.3 Å². The number of hydrogen-bond donors (Lipinski definition) is 3. The van der Waals surface area contributed by atoms with E-state index >= 15 is 0 Å². The Morgan fingerprint density at radius 1 is 1.40 bits per heavy atom. The van der Waals surface area contributed by atoms with Crippen LogP contribution < -0.4 is 10.6 Å². The molecule has 1 aliphatic heterocycles. The smallest absolute Gasteiger partial charge is 0.220 e. The Morgan fingerprint density at radius 2 is 2.35 bits per heavy atom. The Morgan fingerprint density at radius 3 is 3.10 bits per heavy atom. The first kappa shape index (κ1) is 12.8. The van der Waals surface area contributed by atoms with Crippen molar-refractivity contribution in [1.82, 2.24) is 25.8 Å². The lowest BCUT2D eigenvalue weighted by molar-refractivity contribution is -0.122. The van der Waals surface area contributed by atoms with E-state index in [4.69, 9.17) is 0 Å². The number of H-pyrrole nitrogens is 1. The average Bonchev–Trinajstić information content (AvgIpc) is 2.96. The highest BCUT2D eigenvalue weighted by Crippen LogP contribution is 2.19. The third-order valence-electron chi connectivity index (χ3n) is 3.51. The standard InChI is InChI=1S/C14H17N5O/c20-13-4-3-12(9-17-13)16-7-11-8-18-19-14(11)10-2-1-5-15-6-10/h1-2,5-6,8,12,16H,3-4,7,9H2,(H,17,20)(H,18,19). The van der Waals surface area contributed by atoms with E-state index in [1.807, 2.05) is 24.5 Å². The molecule has 0 aliphatic carbocycles. The van der Waals surface area contributed by atoms with Crippen molar-refractivity contribution in [1.29, 1.82) is 0 Å². The fourth-order valence-corrected chi connectivity index (χ4v) is 2.37. The SMILES string of the molecule is O=C1CCC(NCc2cn[nH]c2-c2cccnc2)CN1. The van der Waals surface area contributed by atoms with Crippen molar-refractivity contribution < 1.29 is 4.79 Å². The van der Waals surface area contributed by atoms with Gasteiger partial charge >= 0.3 is 0 Å². The number of pyridine rings is 1. The molecule has 0 spiro atoms. The molecular weight excluding hydrogens is 254 g/mol. The molecule has 1 atom stereocenters. The van der Waals surface area contributed by atoms with Gasteiger partial charge in [0.1, 0.15) is 0 Å². The van der Waals surface area contributed by atoms with Gasteiger partial charge in [-0.2, -0.15) is 5.10 Å².